The summed E-state index contributed by atoms with van der Waals surface area (Å²) in [6, 6.07) is 0. The fourth-order valence-electron chi connectivity index (χ4n) is 0.942. The van der Waals surface area contributed by atoms with E-state index in [4.69, 9.17) is 0 Å². The molecule has 0 saturated carbocycles. The Hall–Kier alpha value is 0.170. The van der Waals surface area contributed by atoms with Crippen LogP contribution in [0.25, 0.3) is 0 Å². The summed E-state index contributed by atoms with van der Waals surface area (Å²) in [6.07, 6.45) is -9.96. The average molecular weight is 370 g/mol. The minimum atomic E-state index is -5.52. The zero-order valence-corrected chi connectivity index (χ0v) is 9.97. The van der Waals surface area contributed by atoms with Gasteiger partial charge in [-0.2, -0.15) is 22.0 Å². The molecule has 0 aliphatic heterocycles. The number of hydrogen-bond acceptors (Lipinski definition) is 0. The van der Waals surface area contributed by atoms with Crippen molar-refractivity contribution in [3.63, 3.8) is 0 Å². The highest BCUT2D eigenvalue weighted by Gasteiger charge is 2.58. The molecule has 0 bridgehead atoms. The summed E-state index contributed by atoms with van der Waals surface area (Å²) in [5.74, 6) is -4.43. The van der Waals surface area contributed by atoms with E-state index < -0.39 is 34.5 Å². The SMILES string of the molecule is CC(F)(CC(F)(F)CC(F)(F)I)C(F)(F)F. The first-order chi connectivity index (χ1) is 6.66. The second-order valence-electron chi connectivity index (χ2n) is 3.52. The smallest absolute Gasteiger partial charge is 0.234 e. The molecule has 0 aliphatic carbocycles. The van der Waals surface area contributed by atoms with E-state index in [0.717, 1.165) is 0 Å². The van der Waals surface area contributed by atoms with Gasteiger partial charge in [-0.25, -0.2) is 13.2 Å². The van der Waals surface area contributed by atoms with Crippen molar-refractivity contribution >= 4 is 22.6 Å². The van der Waals surface area contributed by atoms with E-state index in [9.17, 15) is 35.1 Å². The van der Waals surface area contributed by atoms with Crippen LogP contribution in [-0.2, 0) is 0 Å². The maximum atomic E-state index is 12.8. The molecule has 16 heavy (non-hydrogen) atoms. The summed E-state index contributed by atoms with van der Waals surface area (Å²) in [6.45, 7) is -0.105. The Morgan fingerprint density at radius 3 is 1.44 bits per heavy atom. The molecule has 98 valence electrons. The number of rotatable bonds is 4. The topological polar surface area (TPSA) is 0 Å². The average Bonchev–Trinajstić information content (AvgIpc) is 1.72. The predicted octanol–water partition coefficient (Wildman–Crippen LogP) is 4.72. The Kier molecular flexibility index (Phi) is 4.49. The normalized spacial score (nSPS) is 18.4. The van der Waals surface area contributed by atoms with E-state index in [1.165, 1.54) is 0 Å². The molecule has 0 aliphatic rings. The number of hydrogen-bond donors (Lipinski definition) is 0. The first-order valence-corrected chi connectivity index (χ1v) is 4.94. The van der Waals surface area contributed by atoms with Crippen LogP contribution in [-0.4, -0.2) is 21.7 Å². The van der Waals surface area contributed by atoms with Crippen molar-refractivity contribution in [2.45, 2.75) is 41.5 Å². The summed E-state index contributed by atoms with van der Waals surface area (Å²) in [7, 11) is 0. The van der Waals surface area contributed by atoms with Gasteiger partial charge < -0.3 is 0 Å². The number of halogens is 9. The molecule has 1 unspecified atom stereocenters. The van der Waals surface area contributed by atoms with E-state index in [2.05, 4.69) is 0 Å². The second kappa shape index (κ2) is 4.45. The Morgan fingerprint density at radius 2 is 1.19 bits per heavy atom. The highest BCUT2D eigenvalue weighted by Crippen LogP contribution is 2.45. The summed E-state index contributed by atoms with van der Waals surface area (Å²) >= 11 is 0.357. The summed E-state index contributed by atoms with van der Waals surface area (Å²) in [5, 5.41) is 0. The molecule has 0 nitrogen and oxygen atoms in total. The van der Waals surface area contributed by atoms with Gasteiger partial charge in [-0.1, -0.05) is 0 Å². The molecule has 0 heterocycles. The van der Waals surface area contributed by atoms with Crippen molar-refractivity contribution < 1.29 is 35.1 Å². The fraction of sp³-hybridized carbons (Fsp3) is 1.00. The standard InChI is InChI=1S/C7H7F8I/c1-4(8,7(13,14)15)2-5(9,10)3-6(11,12)16/h2-3H2,1H3. The monoisotopic (exact) mass is 370 g/mol. The molecule has 0 aromatic rings. The highest BCUT2D eigenvalue weighted by atomic mass is 127. The van der Waals surface area contributed by atoms with Crippen molar-refractivity contribution in [3.05, 3.63) is 0 Å². The lowest BCUT2D eigenvalue weighted by atomic mass is 9.97. The number of alkyl halides is 9. The first-order valence-electron chi connectivity index (χ1n) is 3.87. The third-order valence-corrected chi connectivity index (χ3v) is 2.02. The van der Waals surface area contributed by atoms with Crippen LogP contribution < -0.4 is 0 Å². The Labute approximate surface area is 99.5 Å². The Balaban J connectivity index is 4.72. The first kappa shape index (κ1) is 16.2. The quantitative estimate of drug-likeness (QED) is 0.382. The van der Waals surface area contributed by atoms with Crippen LogP contribution in [0.4, 0.5) is 35.1 Å². The maximum absolute atomic E-state index is 12.8. The van der Waals surface area contributed by atoms with Gasteiger partial charge in [0.15, 0.2) is 0 Å². The largest absolute Gasteiger partial charge is 0.422 e. The van der Waals surface area contributed by atoms with Crippen LogP contribution in [0.1, 0.15) is 19.8 Å². The van der Waals surface area contributed by atoms with E-state index in [0.29, 0.717) is 22.6 Å². The summed E-state index contributed by atoms with van der Waals surface area (Å²) < 4.78 is 94.5. The van der Waals surface area contributed by atoms with Gasteiger partial charge in [-0.15, -0.1) is 0 Å². The van der Waals surface area contributed by atoms with E-state index in [-0.39, 0.29) is 6.92 Å². The van der Waals surface area contributed by atoms with Gasteiger partial charge >= 0.3 is 10.1 Å². The molecule has 0 saturated heterocycles. The van der Waals surface area contributed by atoms with Crippen LogP contribution in [0.15, 0.2) is 0 Å². The van der Waals surface area contributed by atoms with Crippen molar-refractivity contribution in [3.8, 4) is 0 Å². The molecule has 0 aromatic heterocycles. The second-order valence-corrected chi connectivity index (χ2v) is 5.10. The Morgan fingerprint density at radius 1 is 0.812 bits per heavy atom. The third kappa shape index (κ3) is 5.48. The van der Waals surface area contributed by atoms with Crippen LogP contribution >= 0.6 is 22.6 Å². The molecule has 0 N–H and O–H groups in total. The molecule has 0 spiro atoms. The van der Waals surface area contributed by atoms with Crippen LogP contribution in [0, 0.1) is 0 Å². The minimum absolute atomic E-state index is 0.105. The fourth-order valence-corrected chi connectivity index (χ4v) is 1.50. The summed E-state index contributed by atoms with van der Waals surface area (Å²) in [5.41, 5.74) is -4.20. The van der Waals surface area contributed by atoms with E-state index in [1.807, 2.05) is 0 Å². The lowest BCUT2D eigenvalue weighted by Gasteiger charge is -2.28. The lowest BCUT2D eigenvalue weighted by Crippen LogP contribution is -2.44. The third-order valence-electron chi connectivity index (χ3n) is 1.64. The van der Waals surface area contributed by atoms with Gasteiger partial charge in [-0.3, -0.25) is 0 Å². The zero-order chi connectivity index (χ0) is 13.4. The van der Waals surface area contributed by atoms with Crippen LogP contribution in [0.3, 0.4) is 0 Å². The van der Waals surface area contributed by atoms with Crippen molar-refractivity contribution in [1.82, 2.24) is 0 Å². The summed E-state index contributed by atoms with van der Waals surface area (Å²) in [4.78, 5) is 0. The van der Waals surface area contributed by atoms with E-state index in [1.54, 1.807) is 0 Å². The van der Waals surface area contributed by atoms with Crippen molar-refractivity contribution in [2.75, 3.05) is 0 Å². The molecule has 0 amide bonds. The van der Waals surface area contributed by atoms with Gasteiger partial charge in [0.1, 0.15) is 0 Å². The lowest BCUT2D eigenvalue weighted by molar-refractivity contribution is -0.246. The van der Waals surface area contributed by atoms with Crippen LogP contribution in [0.2, 0.25) is 0 Å². The zero-order valence-electron chi connectivity index (χ0n) is 7.82. The molecule has 0 rings (SSSR count). The molecule has 0 radical (unpaired) electrons. The molecular formula is C7H7F8I. The predicted molar refractivity (Wildman–Crippen MR) is 48.7 cm³/mol. The van der Waals surface area contributed by atoms with Gasteiger partial charge in [0.25, 0.3) is 5.92 Å². The minimum Gasteiger partial charge on any atom is -0.234 e. The van der Waals surface area contributed by atoms with E-state index >= 15 is 0 Å². The Bertz CT molecular complexity index is 238. The molecule has 1 atom stereocenters. The van der Waals surface area contributed by atoms with Gasteiger partial charge in [-0.05, 0) is 29.5 Å². The molecule has 0 fully saturated rings. The molecular weight excluding hydrogens is 363 g/mol. The van der Waals surface area contributed by atoms with Gasteiger partial charge in [0.05, 0.1) is 12.8 Å². The van der Waals surface area contributed by atoms with Crippen molar-refractivity contribution in [1.29, 1.82) is 0 Å². The molecule has 9 heteroatoms. The van der Waals surface area contributed by atoms with Crippen molar-refractivity contribution in [2.24, 2.45) is 0 Å². The highest BCUT2D eigenvalue weighted by molar-refractivity contribution is 14.1. The van der Waals surface area contributed by atoms with Gasteiger partial charge in [0.2, 0.25) is 5.67 Å². The van der Waals surface area contributed by atoms with Gasteiger partial charge in [0, 0.05) is 0 Å². The van der Waals surface area contributed by atoms with Crippen LogP contribution in [0.5, 0.6) is 0 Å². The maximum Gasteiger partial charge on any atom is 0.422 e. The molecule has 0 aromatic carbocycles.